The van der Waals surface area contributed by atoms with Gasteiger partial charge < -0.3 is 15.8 Å². The molecule has 0 saturated heterocycles. The zero-order valence-corrected chi connectivity index (χ0v) is 13.7. The number of ether oxygens (including phenoxy) is 1. The fourth-order valence-electron chi connectivity index (χ4n) is 2.35. The van der Waals surface area contributed by atoms with E-state index in [9.17, 15) is 4.79 Å². The lowest BCUT2D eigenvalue weighted by molar-refractivity contribution is -0.121. The van der Waals surface area contributed by atoms with E-state index in [1.165, 1.54) is 5.56 Å². The topological polar surface area (TPSA) is 64.3 Å². The van der Waals surface area contributed by atoms with E-state index in [2.05, 4.69) is 30.4 Å². The van der Waals surface area contributed by atoms with Gasteiger partial charge in [0.15, 0.2) is 0 Å². The summed E-state index contributed by atoms with van der Waals surface area (Å²) in [5.74, 6) is 0.788. The van der Waals surface area contributed by atoms with E-state index in [0.717, 1.165) is 16.9 Å². The highest BCUT2D eigenvalue weighted by atomic mass is 16.5. The molecule has 0 aliphatic carbocycles. The van der Waals surface area contributed by atoms with Crippen LogP contribution in [0.1, 0.15) is 36.1 Å². The maximum atomic E-state index is 11.6. The molecule has 2 aromatic carbocycles. The number of carbonyl (C=O) groups is 1. The fourth-order valence-corrected chi connectivity index (χ4v) is 2.35. The van der Waals surface area contributed by atoms with Gasteiger partial charge in [-0.3, -0.25) is 4.79 Å². The van der Waals surface area contributed by atoms with Crippen LogP contribution in [-0.4, -0.2) is 12.5 Å². The number of hydrogen-bond acceptors (Lipinski definition) is 3. The van der Waals surface area contributed by atoms with E-state index >= 15 is 0 Å². The highest BCUT2D eigenvalue weighted by molar-refractivity contribution is 5.76. The zero-order valence-electron chi connectivity index (χ0n) is 13.7. The minimum Gasteiger partial charge on any atom is -0.489 e. The largest absolute Gasteiger partial charge is 0.489 e. The molecule has 4 heteroatoms. The highest BCUT2D eigenvalue weighted by Crippen LogP contribution is 2.19. The highest BCUT2D eigenvalue weighted by Gasteiger charge is 2.09. The number of nitrogens with two attached hydrogens (primary N) is 1. The number of aryl methyl sites for hydroxylation is 1. The Balaban J connectivity index is 1.90. The average Bonchev–Trinajstić information content (AvgIpc) is 2.53. The van der Waals surface area contributed by atoms with Crippen LogP contribution in [0.5, 0.6) is 5.75 Å². The number of rotatable bonds is 7. The van der Waals surface area contributed by atoms with E-state index in [4.69, 9.17) is 10.5 Å². The van der Waals surface area contributed by atoms with Crippen LogP contribution in [0, 0.1) is 6.92 Å². The summed E-state index contributed by atoms with van der Waals surface area (Å²) >= 11 is 0. The molecule has 1 unspecified atom stereocenters. The maximum absolute atomic E-state index is 11.6. The summed E-state index contributed by atoms with van der Waals surface area (Å²) in [6.07, 6.45) is 0.349. The van der Waals surface area contributed by atoms with Gasteiger partial charge in [0.25, 0.3) is 0 Å². The maximum Gasteiger partial charge on any atom is 0.221 e. The number of nitrogens with one attached hydrogen (secondary N) is 1. The van der Waals surface area contributed by atoms with E-state index in [-0.39, 0.29) is 11.9 Å². The van der Waals surface area contributed by atoms with Crippen LogP contribution in [0.4, 0.5) is 0 Å². The van der Waals surface area contributed by atoms with Crippen molar-refractivity contribution in [3.8, 4) is 5.75 Å². The minimum absolute atomic E-state index is 0.0280. The smallest absolute Gasteiger partial charge is 0.221 e. The molecule has 1 atom stereocenters. The van der Waals surface area contributed by atoms with Gasteiger partial charge in [-0.05, 0) is 37.1 Å². The fraction of sp³-hybridized carbons (Fsp3) is 0.316. The Morgan fingerprint density at radius 2 is 1.96 bits per heavy atom. The van der Waals surface area contributed by atoms with Gasteiger partial charge in [0.05, 0.1) is 6.04 Å². The molecular formula is C19H24N2O2. The molecule has 2 aromatic rings. The van der Waals surface area contributed by atoms with Crippen molar-refractivity contribution < 1.29 is 9.53 Å². The molecule has 0 spiro atoms. The molecule has 2 rings (SSSR count). The summed E-state index contributed by atoms with van der Waals surface area (Å²) in [5.41, 5.74) is 8.79. The average molecular weight is 312 g/mol. The number of carbonyl (C=O) groups excluding carboxylic acids is 1. The Labute approximate surface area is 137 Å². The zero-order chi connectivity index (χ0) is 16.7. The van der Waals surface area contributed by atoms with Crippen molar-refractivity contribution in [2.24, 2.45) is 5.73 Å². The Morgan fingerprint density at radius 3 is 2.61 bits per heavy atom. The van der Waals surface area contributed by atoms with Crippen molar-refractivity contribution in [2.45, 2.75) is 32.9 Å². The SMILES string of the molecule is Cc1cccc(COc2ccc(C(C)NC(=O)CCN)cc2)c1. The van der Waals surface area contributed by atoms with Crippen LogP contribution >= 0.6 is 0 Å². The van der Waals surface area contributed by atoms with Gasteiger partial charge in [0.1, 0.15) is 12.4 Å². The number of amides is 1. The van der Waals surface area contributed by atoms with E-state index in [1.807, 2.05) is 37.3 Å². The molecule has 0 fully saturated rings. The van der Waals surface area contributed by atoms with Gasteiger partial charge in [-0.25, -0.2) is 0 Å². The lowest BCUT2D eigenvalue weighted by Crippen LogP contribution is -2.28. The predicted octanol–water partition coefficient (Wildman–Crippen LogP) is 3.10. The minimum atomic E-state index is -0.0418. The summed E-state index contributed by atoms with van der Waals surface area (Å²) in [4.78, 5) is 11.6. The molecule has 0 bridgehead atoms. The molecule has 23 heavy (non-hydrogen) atoms. The summed E-state index contributed by atoms with van der Waals surface area (Å²) in [6, 6.07) is 16.0. The van der Waals surface area contributed by atoms with Crippen LogP contribution in [0.15, 0.2) is 48.5 Å². The monoisotopic (exact) mass is 312 g/mol. The summed E-state index contributed by atoms with van der Waals surface area (Å²) < 4.78 is 5.80. The van der Waals surface area contributed by atoms with Crippen molar-refractivity contribution in [3.05, 3.63) is 65.2 Å². The summed E-state index contributed by atoms with van der Waals surface area (Å²) in [6.45, 7) is 4.93. The quantitative estimate of drug-likeness (QED) is 0.825. The molecule has 0 aromatic heterocycles. The van der Waals surface area contributed by atoms with Gasteiger partial charge >= 0.3 is 0 Å². The molecule has 0 aliphatic rings. The third-order valence-corrected chi connectivity index (χ3v) is 3.62. The van der Waals surface area contributed by atoms with Gasteiger partial charge in [0.2, 0.25) is 5.91 Å². The van der Waals surface area contributed by atoms with Crippen LogP contribution in [0.3, 0.4) is 0 Å². The Hall–Kier alpha value is -2.33. The van der Waals surface area contributed by atoms with Crippen LogP contribution in [0.2, 0.25) is 0 Å². The molecular weight excluding hydrogens is 288 g/mol. The first-order chi connectivity index (χ1) is 11.1. The van der Waals surface area contributed by atoms with Gasteiger partial charge in [0, 0.05) is 13.0 Å². The Kier molecular flexibility index (Phi) is 6.18. The van der Waals surface area contributed by atoms with Crippen molar-refractivity contribution in [1.29, 1.82) is 0 Å². The molecule has 0 aliphatic heterocycles. The van der Waals surface area contributed by atoms with Crippen molar-refractivity contribution in [2.75, 3.05) is 6.54 Å². The standard InChI is InChI=1S/C19H24N2O2/c1-14-4-3-5-16(12-14)13-23-18-8-6-17(7-9-18)15(2)21-19(22)10-11-20/h3-9,12,15H,10-11,13,20H2,1-2H3,(H,21,22). The number of hydrogen-bond donors (Lipinski definition) is 2. The molecule has 3 N–H and O–H groups in total. The third-order valence-electron chi connectivity index (χ3n) is 3.62. The summed E-state index contributed by atoms with van der Waals surface area (Å²) in [5, 5.41) is 2.92. The van der Waals surface area contributed by atoms with E-state index in [0.29, 0.717) is 19.6 Å². The van der Waals surface area contributed by atoms with Gasteiger partial charge in [-0.1, -0.05) is 42.0 Å². The van der Waals surface area contributed by atoms with Crippen LogP contribution in [0.25, 0.3) is 0 Å². The molecule has 0 saturated carbocycles. The normalized spacial score (nSPS) is 11.8. The second kappa shape index (κ2) is 8.34. The van der Waals surface area contributed by atoms with Gasteiger partial charge in [-0.2, -0.15) is 0 Å². The lowest BCUT2D eigenvalue weighted by Gasteiger charge is -2.15. The first-order valence-electron chi connectivity index (χ1n) is 7.86. The van der Waals surface area contributed by atoms with E-state index < -0.39 is 0 Å². The Bertz CT molecular complexity index is 638. The lowest BCUT2D eigenvalue weighted by atomic mass is 10.1. The Morgan fingerprint density at radius 1 is 1.22 bits per heavy atom. The van der Waals surface area contributed by atoms with Gasteiger partial charge in [-0.15, -0.1) is 0 Å². The van der Waals surface area contributed by atoms with Crippen LogP contribution in [-0.2, 0) is 11.4 Å². The second-order valence-electron chi connectivity index (χ2n) is 5.67. The predicted molar refractivity (Wildman–Crippen MR) is 92.2 cm³/mol. The third kappa shape index (κ3) is 5.42. The molecule has 122 valence electrons. The molecule has 0 radical (unpaired) electrons. The molecule has 0 heterocycles. The molecule has 4 nitrogen and oxygen atoms in total. The molecule has 1 amide bonds. The summed E-state index contributed by atoms with van der Waals surface area (Å²) in [7, 11) is 0. The van der Waals surface area contributed by atoms with Crippen molar-refractivity contribution >= 4 is 5.91 Å². The van der Waals surface area contributed by atoms with E-state index in [1.54, 1.807) is 0 Å². The first kappa shape index (κ1) is 17.0. The van der Waals surface area contributed by atoms with Crippen LogP contribution < -0.4 is 15.8 Å². The second-order valence-corrected chi connectivity index (χ2v) is 5.67. The first-order valence-corrected chi connectivity index (χ1v) is 7.86. The number of benzene rings is 2. The van der Waals surface area contributed by atoms with Crippen molar-refractivity contribution in [3.63, 3.8) is 0 Å². The van der Waals surface area contributed by atoms with Crippen molar-refractivity contribution in [1.82, 2.24) is 5.32 Å².